The summed E-state index contributed by atoms with van der Waals surface area (Å²) in [6.07, 6.45) is 0.871. The highest BCUT2D eigenvalue weighted by atomic mass is 35.5. The van der Waals surface area contributed by atoms with Gasteiger partial charge in [-0.1, -0.05) is 50.0 Å². The van der Waals surface area contributed by atoms with Crippen molar-refractivity contribution in [2.45, 2.75) is 38.0 Å². The van der Waals surface area contributed by atoms with E-state index >= 15 is 0 Å². The van der Waals surface area contributed by atoms with Crippen molar-refractivity contribution in [1.29, 1.82) is 0 Å². The fourth-order valence-electron chi connectivity index (χ4n) is 3.76. The lowest BCUT2D eigenvalue weighted by Gasteiger charge is -2.28. The van der Waals surface area contributed by atoms with Gasteiger partial charge in [0.25, 0.3) is 0 Å². The van der Waals surface area contributed by atoms with E-state index in [2.05, 4.69) is 20.8 Å². The molecule has 0 amide bonds. The van der Waals surface area contributed by atoms with E-state index in [9.17, 15) is 10.2 Å². The predicted octanol–water partition coefficient (Wildman–Crippen LogP) is 5.39. The number of hydrogen-bond donors (Lipinski definition) is 2. The first-order chi connectivity index (χ1) is 10.1. The van der Waals surface area contributed by atoms with Crippen molar-refractivity contribution in [2.75, 3.05) is 0 Å². The standard InChI is InChI=1S/C18H18Cl2O2/c1-17(2)9-18(3,10-4-5-15(21)13(19)6-10)12-8-16(22)14(20)7-11(12)17/h4-8,21-22H,9H2,1-3H3. The molecule has 0 heterocycles. The second kappa shape index (κ2) is 4.81. The van der Waals surface area contributed by atoms with E-state index in [1.807, 2.05) is 12.1 Å². The van der Waals surface area contributed by atoms with E-state index in [0.717, 1.165) is 23.1 Å². The third-order valence-electron chi connectivity index (χ3n) is 4.79. The smallest absolute Gasteiger partial charge is 0.134 e. The third kappa shape index (κ3) is 2.17. The molecule has 2 aromatic rings. The molecule has 1 aliphatic carbocycles. The molecule has 2 nitrogen and oxygen atoms in total. The number of phenols is 2. The van der Waals surface area contributed by atoms with Gasteiger partial charge in [-0.2, -0.15) is 0 Å². The third-order valence-corrected chi connectivity index (χ3v) is 5.40. The summed E-state index contributed by atoms with van der Waals surface area (Å²) < 4.78 is 0. The van der Waals surface area contributed by atoms with Crippen molar-refractivity contribution in [2.24, 2.45) is 0 Å². The minimum absolute atomic E-state index is 0.0637. The quantitative estimate of drug-likeness (QED) is 0.732. The van der Waals surface area contributed by atoms with Crippen molar-refractivity contribution < 1.29 is 10.2 Å². The maximum absolute atomic E-state index is 10.0. The summed E-state index contributed by atoms with van der Waals surface area (Å²) in [5.41, 5.74) is 2.86. The zero-order chi connectivity index (χ0) is 16.3. The van der Waals surface area contributed by atoms with Gasteiger partial charge in [-0.05, 0) is 52.8 Å². The van der Waals surface area contributed by atoms with Crippen molar-refractivity contribution in [1.82, 2.24) is 0 Å². The zero-order valence-corrected chi connectivity index (χ0v) is 14.3. The summed E-state index contributed by atoms with van der Waals surface area (Å²) in [5.74, 6) is 0.166. The molecule has 3 rings (SSSR count). The second-order valence-corrected chi connectivity index (χ2v) is 7.72. The summed E-state index contributed by atoms with van der Waals surface area (Å²) in [5, 5.41) is 20.4. The average Bonchev–Trinajstić information content (AvgIpc) is 2.62. The van der Waals surface area contributed by atoms with Crippen LogP contribution in [0.15, 0.2) is 30.3 Å². The van der Waals surface area contributed by atoms with Gasteiger partial charge in [-0.15, -0.1) is 0 Å². The Hall–Kier alpha value is -1.38. The first-order valence-electron chi connectivity index (χ1n) is 7.18. The Bertz CT molecular complexity index is 768. The van der Waals surface area contributed by atoms with Crippen LogP contribution in [0.3, 0.4) is 0 Å². The van der Waals surface area contributed by atoms with Crippen LogP contribution in [0.1, 0.15) is 43.9 Å². The van der Waals surface area contributed by atoms with Crippen molar-refractivity contribution in [3.8, 4) is 11.5 Å². The summed E-state index contributed by atoms with van der Waals surface area (Å²) in [4.78, 5) is 0. The predicted molar refractivity (Wildman–Crippen MR) is 90.3 cm³/mol. The van der Waals surface area contributed by atoms with E-state index in [1.165, 1.54) is 0 Å². The number of halogens is 2. The first kappa shape index (κ1) is 15.5. The van der Waals surface area contributed by atoms with E-state index in [0.29, 0.717) is 10.0 Å². The van der Waals surface area contributed by atoms with Gasteiger partial charge >= 0.3 is 0 Å². The molecular formula is C18H18Cl2O2. The largest absolute Gasteiger partial charge is 0.506 e. The Balaban J connectivity index is 2.25. The highest BCUT2D eigenvalue weighted by molar-refractivity contribution is 6.32. The molecule has 1 aliphatic rings. The van der Waals surface area contributed by atoms with Gasteiger partial charge < -0.3 is 10.2 Å². The highest BCUT2D eigenvalue weighted by Crippen LogP contribution is 2.55. The van der Waals surface area contributed by atoms with Crippen LogP contribution in [-0.2, 0) is 10.8 Å². The number of aromatic hydroxyl groups is 2. The van der Waals surface area contributed by atoms with Gasteiger partial charge in [0, 0.05) is 5.41 Å². The molecule has 0 spiro atoms. The van der Waals surface area contributed by atoms with Gasteiger partial charge in [0.2, 0.25) is 0 Å². The number of hydrogen-bond acceptors (Lipinski definition) is 2. The van der Waals surface area contributed by atoms with E-state index in [1.54, 1.807) is 18.2 Å². The van der Waals surface area contributed by atoms with Gasteiger partial charge in [-0.25, -0.2) is 0 Å². The molecule has 0 aromatic heterocycles. The number of fused-ring (bicyclic) bond motifs is 1. The summed E-state index contributed by atoms with van der Waals surface area (Å²) in [7, 11) is 0. The van der Waals surface area contributed by atoms with Gasteiger partial charge in [0.1, 0.15) is 11.5 Å². The van der Waals surface area contributed by atoms with Crippen LogP contribution in [0.5, 0.6) is 11.5 Å². The van der Waals surface area contributed by atoms with Crippen LogP contribution >= 0.6 is 23.2 Å². The monoisotopic (exact) mass is 336 g/mol. The number of benzene rings is 2. The number of rotatable bonds is 1. The summed E-state index contributed by atoms with van der Waals surface area (Å²) in [6.45, 7) is 6.48. The van der Waals surface area contributed by atoms with E-state index in [4.69, 9.17) is 23.2 Å². The minimum atomic E-state index is -0.293. The second-order valence-electron chi connectivity index (χ2n) is 6.91. The Labute approximate surface area is 140 Å². The molecule has 0 bridgehead atoms. The van der Waals surface area contributed by atoms with Crippen LogP contribution in [0.25, 0.3) is 0 Å². The Kier molecular flexibility index (Phi) is 3.39. The van der Waals surface area contributed by atoms with Crippen molar-refractivity contribution in [3.63, 3.8) is 0 Å². The molecule has 1 unspecified atom stereocenters. The van der Waals surface area contributed by atoms with Gasteiger partial charge in [0.05, 0.1) is 10.0 Å². The minimum Gasteiger partial charge on any atom is -0.506 e. The Morgan fingerprint density at radius 3 is 2.14 bits per heavy atom. The molecule has 4 heteroatoms. The van der Waals surface area contributed by atoms with Crippen LogP contribution in [0.2, 0.25) is 10.0 Å². The van der Waals surface area contributed by atoms with Gasteiger partial charge in [-0.3, -0.25) is 0 Å². The molecule has 0 fully saturated rings. The lowest BCUT2D eigenvalue weighted by Crippen LogP contribution is -2.23. The van der Waals surface area contributed by atoms with Crippen LogP contribution in [0.4, 0.5) is 0 Å². The maximum Gasteiger partial charge on any atom is 0.134 e. The van der Waals surface area contributed by atoms with Crippen LogP contribution in [0, 0.1) is 0 Å². The molecule has 1 atom stereocenters. The fourth-order valence-corrected chi connectivity index (χ4v) is 4.10. The van der Waals surface area contributed by atoms with Crippen molar-refractivity contribution in [3.05, 3.63) is 57.1 Å². The van der Waals surface area contributed by atoms with E-state index in [-0.39, 0.29) is 22.3 Å². The molecule has 2 N–H and O–H groups in total. The highest BCUT2D eigenvalue weighted by Gasteiger charge is 2.46. The number of phenolic OH excluding ortho intramolecular Hbond substituents is 2. The lowest BCUT2D eigenvalue weighted by atomic mass is 9.75. The normalized spacial score (nSPS) is 22.6. The zero-order valence-electron chi connectivity index (χ0n) is 12.7. The van der Waals surface area contributed by atoms with Crippen LogP contribution in [-0.4, -0.2) is 10.2 Å². The molecular weight excluding hydrogens is 319 g/mol. The molecule has 22 heavy (non-hydrogen) atoms. The SMILES string of the molecule is CC1(C)CC(C)(c2ccc(O)c(Cl)c2)c2cc(O)c(Cl)cc21. The van der Waals surface area contributed by atoms with Crippen molar-refractivity contribution >= 4 is 23.2 Å². The first-order valence-corrected chi connectivity index (χ1v) is 7.93. The fraction of sp³-hybridized carbons (Fsp3) is 0.333. The molecule has 2 aromatic carbocycles. The molecule has 0 aliphatic heterocycles. The average molecular weight is 337 g/mol. The maximum atomic E-state index is 10.0. The van der Waals surface area contributed by atoms with Gasteiger partial charge in [0.15, 0.2) is 0 Å². The molecule has 0 saturated heterocycles. The topological polar surface area (TPSA) is 40.5 Å². The van der Waals surface area contributed by atoms with E-state index < -0.39 is 0 Å². The Morgan fingerprint density at radius 1 is 0.864 bits per heavy atom. The van der Waals surface area contributed by atoms with Crippen LogP contribution < -0.4 is 0 Å². The lowest BCUT2D eigenvalue weighted by molar-refractivity contribution is 0.423. The molecule has 0 saturated carbocycles. The molecule has 116 valence electrons. The summed E-state index contributed by atoms with van der Waals surface area (Å²) in [6, 6.07) is 8.92. The summed E-state index contributed by atoms with van der Waals surface area (Å²) >= 11 is 12.2. The molecule has 0 radical (unpaired) electrons. The Morgan fingerprint density at radius 2 is 1.50 bits per heavy atom.